The van der Waals surface area contributed by atoms with Crippen LogP contribution in [0, 0.1) is 5.92 Å². The smallest absolute Gasteiger partial charge is 0.257 e. The van der Waals surface area contributed by atoms with Crippen LogP contribution in [-0.4, -0.2) is 41.9 Å². The number of nitrogens with zero attached hydrogens (tertiary/aromatic N) is 1. The summed E-state index contributed by atoms with van der Waals surface area (Å²) in [6.07, 6.45) is 1.25. The molecule has 1 N–H and O–H groups in total. The molecule has 1 aliphatic heterocycles. The van der Waals surface area contributed by atoms with Crippen LogP contribution in [0.4, 0.5) is 0 Å². The molecule has 5 nitrogen and oxygen atoms in total. The minimum absolute atomic E-state index is 0.00540. The maximum Gasteiger partial charge on any atom is 0.257 e. The fraction of sp³-hybridized carbons (Fsp3) is 0.391. The molecule has 0 spiro atoms. The van der Waals surface area contributed by atoms with E-state index < -0.39 is 0 Å². The number of carbonyl (C=O) groups is 2. The molecule has 1 aliphatic rings. The lowest BCUT2D eigenvalue weighted by atomic mass is 9.88. The molecule has 0 bridgehead atoms. The van der Waals surface area contributed by atoms with E-state index in [9.17, 15) is 14.7 Å². The van der Waals surface area contributed by atoms with Gasteiger partial charge in [-0.1, -0.05) is 19.9 Å². The van der Waals surface area contributed by atoms with E-state index in [4.69, 9.17) is 4.74 Å². The number of methoxy groups -OCH3 is 1. The third-order valence-corrected chi connectivity index (χ3v) is 5.45. The van der Waals surface area contributed by atoms with Crippen LogP contribution in [0.2, 0.25) is 0 Å². The number of piperidine rings is 1. The summed E-state index contributed by atoms with van der Waals surface area (Å²) in [6.45, 7) is 5.13. The average molecular weight is 381 g/mol. The molecule has 148 valence electrons. The Labute approximate surface area is 165 Å². The largest absolute Gasteiger partial charge is 0.507 e. The van der Waals surface area contributed by atoms with Crippen molar-refractivity contribution in [3.05, 3.63) is 59.2 Å². The van der Waals surface area contributed by atoms with Crippen LogP contribution in [-0.2, 0) is 0 Å². The maximum absolute atomic E-state index is 12.9. The molecule has 2 aromatic rings. The summed E-state index contributed by atoms with van der Waals surface area (Å²) in [5.74, 6) is 0.856. The molecule has 0 radical (unpaired) electrons. The van der Waals surface area contributed by atoms with Crippen molar-refractivity contribution in [1.29, 1.82) is 0 Å². The Hall–Kier alpha value is -2.82. The predicted octanol–water partition coefficient (Wildman–Crippen LogP) is 4.26. The van der Waals surface area contributed by atoms with Crippen LogP contribution in [0.3, 0.4) is 0 Å². The quantitative estimate of drug-likeness (QED) is 0.786. The number of carbonyl (C=O) groups excluding carboxylic acids is 2. The molecular formula is C23H27NO4. The Balaban J connectivity index is 1.65. The van der Waals surface area contributed by atoms with Crippen molar-refractivity contribution in [1.82, 2.24) is 4.90 Å². The third-order valence-electron chi connectivity index (χ3n) is 5.45. The Kier molecular flexibility index (Phi) is 6.02. The number of phenolic OH excluding ortho intramolecular Hbond substituents is 1. The topological polar surface area (TPSA) is 66.8 Å². The van der Waals surface area contributed by atoms with Crippen molar-refractivity contribution in [3.8, 4) is 11.5 Å². The first-order valence-corrected chi connectivity index (χ1v) is 9.71. The molecule has 28 heavy (non-hydrogen) atoms. The minimum Gasteiger partial charge on any atom is -0.507 e. The number of benzene rings is 2. The van der Waals surface area contributed by atoms with Gasteiger partial charge in [-0.2, -0.15) is 0 Å². The molecule has 1 fully saturated rings. The van der Waals surface area contributed by atoms with Gasteiger partial charge in [0.25, 0.3) is 5.91 Å². The fourth-order valence-electron chi connectivity index (χ4n) is 3.59. The number of likely N-dealkylation sites (tertiary alicyclic amines) is 1. The van der Waals surface area contributed by atoms with Gasteiger partial charge in [-0.3, -0.25) is 9.59 Å². The number of aromatic hydroxyl groups is 1. The zero-order chi connectivity index (χ0) is 20.3. The fourth-order valence-corrected chi connectivity index (χ4v) is 3.59. The minimum atomic E-state index is -0.171. The second-order valence-corrected chi connectivity index (χ2v) is 7.59. The first kappa shape index (κ1) is 19.9. The predicted molar refractivity (Wildman–Crippen MR) is 108 cm³/mol. The molecule has 3 rings (SSSR count). The second-order valence-electron chi connectivity index (χ2n) is 7.59. The van der Waals surface area contributed by atoms with Crippen LogP contribution in [0.25, 0.3) is 0 Å². The number of ketones is 1. The van der Waals surface area contributed by atoms with Gasteiger partial charge in [0.15, 0.2) is 5.78 Å². The average Bonchev–Trinajstić information content (AvgIpc) is 2.73. The highest BCUT2D eigenvalue weighted by atomic mass is 16.5. The van der Waals surface area contributed by atoms with E-state index in [1.165, 1.54) is 0 Å². The lowest BCUT2D eigenvalue weighted by Gasteiger charge is -2.31. The van der Waals surface area contributed by atoms with Gasteiger partial charge in [0.1, 0.15) is 11.5 Å². The molecule has 0 unspecified atom stereocenters. The van der Waals surface area contributed by atoms with Gasteiger partial charge in [0.2, 0.25) is 0 Å². The standard InChI is InChI=1S/C23H27NO4/c1-15(2)18-6-9-21(25)20(14-18)23(27)24-12-10-17(11-13-24)22(26)16-4-7-19(28-3)8-5-16/h4-9,14-15,17,25H,10-13H2,1-3H3. The Morgan fingerprint density at radius 3 is 2.29 bits per heavy atom. The van der Waals surface area contributed by atoms with Gasteiger partial charge in [0.05, 0.1) is 12.7 Å². The molecule has 0 aliphatic carbocycles. The van der Waals surface area contributed by atoms with Gasteiger partial charge >= 0.3 is 0 Å². The molecule has 0 aromatic heterocycles. The van der Waals surface area contributed by atoms with Crippen molar-refractivity contribution in [2.45, 2.75) is 32.6 Å². The van der Waals surface area contributed by atoms with E-state index in [1.54, 1.807) is 48.4 Å². The van der Waals surface area contributed by atoms with E-state index in [0.717, 1.165) is 11.3 Å². The van der Waals surface area contributed by atoms with Crippen LogP contribution >= 0.6 is 0 Å². The number of ether oxygens (including phenoxy) is 1. The third kappa shape index (κ3) is 4.19. The monoisotopic (exact) mass is 381 g/mol. The summed E-state index contributed by atoms with van der Waals surface area (Å²) < 4.78 is 5.13. The number of amides is 1. The number of rotatable bonds is 5. The van der Waals surface area contributed by atoms with Crippen molar-refractivity contribution < 1.29 is 19.4 Å². The van der Waals surface area contributed by atoms with Gasteiger partial charge < -0.3 is 14.7 Å². The Morgan fingerprint density at radius 2 is 1.71 bits per heavy atom. The number of Topliss-reactive ketones (excluding diaryl/α,β-unsaturated/α-hetero) is 1. The van der Waals surface area contributed by atoms with Gasteiger partial charge in [0, 0.05) is 24.6 Å². The van der Waals surface area contributed by atoms with Crippen molar-refractivity contribution in [2.75, 3.05) is 20.2 Å². The summed E-state index contributed by atoms with van der Waals surface area (Å²) in [5, 5.41) is 10.1. The van der Waals surface area contributed by atoms with E-state index in [0.29, 0.717) is 37.1 Å². The van der Waals surface area contributed by atoms with Gasteiger partial charge in [-0.05, 0) is 60.7 Å². The van der Waals surface area contributed by atoms with Crippen LogP contribution in [0.1, 0.15) is 58.9 Å². The molecule has 0 atom stereocenters. The van der Waals surface area contributed by atoms with Crippen molar-refractivity contribution in [2.24, 2.45) is 5.92 Å². The normalized spacial score (nSPS) is 14.9. The zero-order valence-electron chi connectivity index (χ0n) is 16.6. The van der Waals surface area contributed by atoms with E-state index in [1.807, 2.05) is 6.07 Å². The van der Waals surface area contributed by atoms with Crippen LogP contribution in [0.15, 0.2) is 42.5 Å². The maximum atomic E-state index is 12.9. The van der Waals surface area contributed by atoms with Crippen molar-refractivity contribution in [3.63, 3.8) is 0 Å². The number of hydrogen-bond acceptors (Lipinski definition) is 4. The summed E-state index contributed by atoms with van der Waals surface area (Å²) in [6, 6.07) is 12.4. The highest BCUT2D eigenvalue weighted by Crippen LogP contribution is 2.28. The Bertz CT molecular complexity index is 849. The molecule has 1 amide bonds. The molecule has 1 saturated heterocycles. The zero-order valence-corrected chi connectivity index (χ0v) is 16.6. The molecule has 5 heteroatoms. The Morgan fingerprint density at radius 1 is 1.07 bits per heavy atom. The van der Waals surface area contributed by atoms with Crippen LogP contribution < -0.4 is 4.74 Å². The first-order valence-electron chi connectivity index (χ1n) is 9.71. The second kappa shape index (κ2) is 8.46. The van der Waals surface area contributed by atoms with E-state index >= 15 is 0 Å². The SMILES string of the molecule is COc1ccc(C(=O)C2CCN(C(=O)c3cc(C(C)C)ccc3O)CC2)cc1. The number of hydrogen-bond donors (Lipinski definition) is 1. The summed E-state index contributed by atoms with van der Waals surface area (Å²) in [4.78, 5) is 27.3. The van der Waals surface area contributed by atoms with Crippen LogP contribution in [0.5, 0.6) is 11.5 Å². The van der Waals surface area contributed by atoms with E-state index in [2.05, 4.69) is 13.8 Å². The lowest BCUT2D eigenvalue weighted by molar-refractivity contribution is 0.0647. The first-order chi connectivity index (χ1) is 13.4. The van der Waals surface area contributed by atoms with Gasteiger partial charge in [-0.15, -0.1) is 0 Å². The highest BCUT2D eigenvalue weighted by Gasteiger charge is 2.29. The van der Waals surface area contributed by atoms with Crippen molar-refractivity contribution >= 4 is 11.7 Å². The highest BCUT2D eigenvalue weighted by molar-refractivity contribution is 5.99. The lowest BCUT2D eigenvalue weighted by Crippen LogP contribution is -2.40. The molecular weight excluding hydrogens is 354 g/mol. The number of phenols is 1. The molecule has 1 heterocycles. The van der Waals surface area contributed by atoms with E-state index in [-0.39, 0.29) is 29.3 Å². The summed E-state index contributed by atoms with van der Waals surface area (Å²) in [7, 11) is 1.60. The summed E-state index contributed by atoms with van der Waals surface area (Å²) >= 11 is 0. The molecule has 2 aromatic carbocycles. The summed E-state index contributed by atoms with van der Waals surface area (Å²) in [5.41, 5.74) is 2.03. The molecule has 0 saturated carbocycles. The van der Waals surface area contributed by atoms with Gasteiger partial charge in [-0.25, -0.2) is 0 Å².